The molecule has 0 fully saturated rings. The van der Waals surface area contributed by atoms with Crippen molar-refractivity contribution < 1.29 is 31.8 Å². The van der Waals surface area contributed by atoms with Crippen molar-refractivity contribution in [3.05, 3.63) is 33.9 Å². The maximum absolute atomic E-state index is 12.5. The second-order valence-electron chi connectivity index (χ2n) is 4.47. The minimum atomic E-state index is -4.76. The van der Waals surface area contributed by atoms with Crippen LogP contribution in [-0.2, 0) is 26.5 Å². The Balaban J connectivity index is 3.11. The van der Waals surface area contributed by atoms with Crippen LogP contribution >= 0.6 is 0 Å². The molecule has 10 heteroatoms. The number of alkyl halides is 3. The summed E-state index contributed by atoms with van der Waals surface area (Å²) in [5, 5.41) is 10.9. The van der Waals surface area contributed by atoms with Crippen LogP contribution in [0, 0.1) is 10.1 Å². The number of halogens is 3. The highest BCUT2D eigenvalue weighted by Gasteiger charge is 2.34. The van der Waals surface area contributed by atoms with E-state index in [2.05, 4.69) is 0 Å². The smallest absolute Gasteiger partial charge is 0.416 e. The Kier molecular flexibility index (Phi) is 5.64. The monoisotopic (exact) mass is 339 g/mol. The standard InChI is InChI=1S/C12H12F3NO5S/c1-7(2)21-11(17)6-22(20)10-4-3-8(12(13,14)15)5-9(10)16(18)19/h3-5,7H,6H2,1-2H3/t22-/m1/s1. The Bertz CT molecular complexity index is 615. The Morgan fingerprint density at radius 3 is 2.45 bits per heavy atom. The lowest BCUT2D eigenvalue weighted by atomic mass is 10.2. The summed E-state index contributed by atoms with van der Waals surface area (Å²) in [7, 11) is -2.18. The van der Waals surface area contributed by atoms with Crippen LogP contribution in [0.15, 0.2) is 23.1 Å². The third-order valence-electron chi connectivity index (χ3n) is 2.34. The number of benzene rings is 1. The highest BCUT2D eigenvalue weighted by molar-refractivity contribution is 7.85. The number of carbonyl (C=O) groups excluding carboxylic acids is 1. The summed E-state index contributed by atoms with van der Waals surface area (Å²) in [6, 6.07) is 1.61. The minimum absolute atomic E-state index is 0.293. The molecule has 1 rings (SSSR count). The Morgan fingerprint density at radius 1 is 1.41 bits per heavy atom. The lowest BCUT2D eigenvalue weighted by Crippen LogP contribution is -2.19. The van der Waals surface area contributed by atoms with Crippen molar-refractivity contribution in [3.8, 4) is 0 Å². The zero-order valence-corrected chi connectivity index (χ0v) is 12.4. The van der Waals surface area contributed by atoms with Gasteiger partial charge in [0.15, 0.2) is 0 Å². The van der Waals surface area contributed by atoms with Crippen molar-refractivity contribution in [2.24, 2.45) is 0 Å². The largest absolute Gasteiger partial charge is 0.462 e. The first-order valence-corrected chi connectivity index (χ1v) is 7.27. The summed E-state index contributed by atoms with van der Waals surface area (Å²) >= 11 is 0. The van der Waals surface area contributed by atoms with Gasteiger partial charge in [0.2, 0.25) is 0 Å². The molecule has 0 bridgehead atoms. The van der Waals surface area contributed by atoms with Crippen LogP contribution in [0.1, 0.15) is 19.4 Å². The Labute approximate surface area is 125 Å². The third-order valence-corrected chi connectivity index (χ3v) is 3.68. The predicted molar refractivity (Wildman–Crippen MR) is 70.6 cm³/mol. The molecule has 22 heavy (non-hydrogen) atoms. The average Bonchev–Trinajstić information content (AvgIpc) is 2.35. The second kappa shape index (κ2) is 6.86. The molecule has 1 atom stereocenters. The quantitative estimate of drug-likeness (QED) is 0.468. The maximum atomic E-state index is 12.5. The average molecular weight is 339 g/mol. The number of carbonyl (C=O) groups is 1. The lowest BCUT2D eigenvalue weighted by molar-refractivity contribution is -0.388. The van der Waals surface area contributed by atoms with Crippen molar-refractivity contribution in [1.29, 1.82) is 0 Å². The molecule has 0 unspecified atom stereocenters. The summed E-state index contributed by atoms with van der Waals surface area (Å²) in [6.45, 7) is 3.11. The van der Waals surface area contributed by atoms with Gasteiger partial charge < -0.3 is 4.74 Å². The van der Waals surface area contributed by atoms with Crippen LogP contribution in [0.5, 0.6) is 0 Å². The van der Waals surface area contributed by atoms with Gasteiger partial charge in [0, 0.05) is 6.07 Å². The normalized spacial score (nSPS) is 13.0. The first kappa shape index (κ1) is 18.1. The van der Waals surface area contributed by atoms with E-state index in [1.165, 1.54) is 0 Å². The van der Waals surface area contributed by atoms with Gasteiger partial charge in [0.25, 0.3) is 5.69 Å². The van der Waals surface area contributed by atoms with E-state index in [0.29, 0.717) is 12.1 Å². The number of esters is 1. The number of nitro benzene ring substituents is 1. The van der Waals surface area contributed by atoms with Gasteiger partial charge in [-0.15, -0.1) is 0 Å². The van der Waals surface area contributed by atoms with Crippen LogP contribution < -0.4 is 0 Å². The van der Waals surface area contributed by atoms with Crippen molar-refractivity contribution >= 4 is 22.5 Å². The topological polar surface area (TPSA) is 86.5 Å². The van der Waals surface area contributed by atoms with Crippen LogP contribution in [0.3, 0.4) is 0 Å². The first-order chi connectivity index (χ1) is 10.0. The number of nitrogens with zero attached hydrogens (tertiary/aromatic N) is 1. The summed E-state index contributed by atoms with van der Waals surface area (Å²) in [5.74, 6) is -1.53. The predicted octanol–water partition coefficient (Wildman–Crippen LogP) is 2.67. The molecule has 0 radical (unpaired) electrons. The fourth-order valence-corrected chi connectivity index (χ4v) is 2.53. The molecule has 0 aromatic heterocycles. The third kappa shape index (κ3) is 4.79. The van der Waals surface area contributed by atoms with Gasteiger partial charge in [-0.3, -0.25) is 19.1 Å². The molecular formula is C12H12F3NO5S. The van der Waals surface area contributed by atoms with E-state index < -0.39 is 55.9 Å². The van der Waals surface area contributed by atoms with Crippen molar-refractivity contribution in [3.63, 3.8) is 0 Å². The van der Waals surface area contributed by atoms with Gasteiger partial charge in [-0.1, -0.05) is 0 Å². The summed E-state index contributed by atoms with van der Waals surface area (Å²) in [4.78, 5) is 20.7. The molecule has 0 aliphatic carbocycles. The van der Waals surface area contributed by atoms with Gasteiger partial charge in [0.05, 0.1) is 27.4 Å². The number of hydrogen-bond acceptors (Lipinski definition) is 5. The highest BCUT2D eigenvalue weighted by Crippen LogP contribution is 2.34. The highest BCUT2D eigenvalue weighted by atomic mass is 32.2. The molecule has 0 N–H and O–H groups in total. The fraction of sp³-hybridized carbons (Fsp3) is 0.417. The van der Waals surface area contributed by atoms with Crippen LogP contribution in [0.25, 0.3) is 0 Å². The van der Waals surface area contributed by atoms with E-state index in [4.69, 9.17) is 4.74 Å². The second-order valence-corrected chi connectivity index (χ2v) is 5.89. The van der Waals surface area contributed by atoms with Gasteiger partial charge in [0.1, 0.15) is 10.6 Å². The van der Waals surface area contributed by atoms with Crippen LogP contribution in [0.4, 0.5) is 18.9 Å². The Hall–Kier alpha value is -1.97. The van der Waals surface area contributed by atoms with E-state index in [1.54, 1.807) is 13.8 Å². The van der Waals surface area contributed by atoms with E-state index in [1.807, 2.05) is 0 Å². The van der Waals surface area contributed by atoms with E-state index in [-0.39, 0.29) is 0 Å². The first-order valence-electron chi connectivity index (χ1n) is 5.96. The molecule has 1 aromatic carbocycles. The zero-order valence-electron chi connectivity index (χ0n) is 11.5. The summed E-state index contributed by atoms with van der Waals surface area (Å²) in [5.41, 5.74) is -2.18. The molecule has 0 saturated heterocycles. The Morgan fingerprint density at radius 2 is 2.00 bits per heavy atom. The number of hydrogen-bond donors (Lipinski definition) is 0. The van der Waals surface area contributed by atoms with Gasteiger partial charge in [-0.05, 0) is 26.0 Å². The van der Waals surface area contributed by atoms with Crippen molar-refractivity contribution in [1.82, 2.24) is 0 Å². The molecule has 0 amide bonds. The molecule has 0 heterocycles. The number of ether oxygens (including phenoxy) is 1. The van der Waals surface area contributed by atoms with Crippen molar-refractivity contribution in [2.75, 3.05) is 5.75 Å². The fourth-order valence-electron chi connectivity index (χ4n) is 1.51. The summed E-state index contributed by atoms with van der Waals surface area (Å²) < 4.78 is 54.3. The van der Waals surface area contributed by atoms with E-state index in [0.717, 1.165) is 6.07 Å². The molecule has 122 valence electrons. The molecule has 0 saturated carbocycles. The maximum Gasteiger partial charge on any atom is 0.416 e. The van der Waals surface area contributed by atoms with Gasteiger partial charge >= 0.3 is 12.1 Å². The van der Waals surface area contributed by atoms with E-state index in [9.17, 15) is 32.3 Å². The SMILES string of the molecule is CC(C)OC(=O)C[S@@](=O)c1ccc(C(F)(F)F)cc1[N+](=O)[O-]. The van der Waals surface area contributed by atoms with Crippen molar-refractivity contribution in [2.45, 2.75) is 31.0 Å². The molecule has 1 aromatic rings. The lowest BCUT2D eigenvalue weighted by Gasteiger charge is -2.10. The number of rotatable bonds is 5. The molecule has 6 nitrogen and oxygen atoms in total. The zero-order chi connectivity index (χ0) is 17.1. The summed E-state index contributed by atoms with van der Waals surface area (Å²) in [6.07, 6.45) is -5.23. The molecular weight excluding hydrogens is 327 g/mol. The van der Waals surface area contributed by atoms with Crippen LogP contribution in [-0.4, -0.2) is 27.0 Å². The molecule has 0 spiro atoms. The molecule has 0 aliphatic rings. The van der Waals surface area contributed by atoms with Gasteiger partial charge in [-0.2, -0.15) is 13.2 Å². The van der Waals surface area contributed by atoms with Crippen LogP contribution in [0.2, 0.25) is 0 Å². The van der Waals surface area contributed by atoms with Gasteiger partial charge in [-0.25, -0.2) is 0 Å². The number of nitro groups is 1. The molecule has 0 aliphatic heterocycles. The minimum Gasteiger partial charge on any atom is -0.462 e. The van der Waals surface area contributed by atoms with E-state index >= 15 is 0 Å².